The normalized spacial score (nSPS) is 21.4. The van der Waals surface area contributed by atoms with Gasteiger partial charge >= 0.3 is 0 Å². The molecule has 1 aliphatic carbocycles. The van der Waals surface area contributed by atoms with Crippen molar-refractivity contribution in [2.75, 3.05) is 25.0 Å². The van der Waals surface area contributed by atoms with Crippen molar-refractivity contribution in [3.8, 4) is 0 Å². The van der Waals surface area contributed by atoms with Gasteiger partial charge in [0.15, 0.2) is 0 Å². The second-order valence-electron chi connectivity index (χ2n) is 8.09. The van der Waals surface area contributed by atoms with Crippen LogP contribution in [0.25, 0.3) is 0 Å². The number of aliphatic hydroxyl groups is 1. The molecule has 2 aliphatic rings. The molecule has 2 aromatic rings. The predicted octanol–water partition coefficient (Wildman–Crippen LogP) is 3.22. The van der Waals surface area contributed by atoms with Crippen LogP contribution in [0.1, 0.15) is 62.3 Å². The number of rotatable bonds is 6. The van der Waals surface area contributed by atoms with Gasteiger partial charge in [-0.3, -0.25) is 4.79 Å². The number of pyridine rings is 1. The lowest BCUT2D eigenvalue weighted by molar-refractivity contribution is -0.145. The average Bonchev–Trinajstić information content (AvgIpc) is 3.22. The van der Waals surface area contributed by atoms with E-state index >= 15 is 0 Å². The first-order chi connectivity index (χ1) is 14.5. The van der Waals surface area contributed by atoms with Crippen LogP contribution < -0.4 is 5.32 Å². The highest BCUT2D eigenvalue weighted by atomic mass is 32.1. The fourth-order valence-electron chi connectivity index (χ4n) is 4.09. The van der Waals surface area contributed by atoms with Crippen molar-refractivity contribution >= 4 is 28.2 Å². The lowest BCUT2D eigenvalue weighted by atomic mass is 9.82. The highest BCUT2D eigenvalue weighted by Crippen LogP contribution is 2.32. The number of anilines is 2. The Morgan fingerprint density at radius 1 is 1.33 bits per heavy atom. The zero-order valence-corrected chi connectivity index (χ0v) is 18.2. The molecule has 1 atom stereocenters. The number of aryl methyl sites for hydroxylation is 1. The summed E-state index contributed by atoms with van der Waals surface area (Å²) in [5, 5.41) is 23.9. The highest BCUT2D eigenvalue weighted by molar-refractivity contribution is 7.15. The van der Waals surface area contributed by atoms with Crippen LogP contribution in [0.5, 0.6) is 0 Å². The van der Waals surface area contributed by atoms with E-state index in [9.17, 15) is 9.90 Å². The van der Waals surface area contributed by atoms with Gasteiger partial charge < -0.3 is 20.1 Å². The topological polar surface area (TPSA) is 100 Å². The Morgan fingerprint density at radius 3 is 2.93 bits per heavy atom. The number of morpholine rings is 1. The molecule has 1 unspecified atom stereocenters. The lowest BCUT2D eigenvalue weighted by Gasteiger charge is -2.37. The maximum absolute atomic E-state index is 12.9. The van der Waals surface area contributed by atoms with Gasteiger partial charge in [0.2, 0.25) is 11.0 Å². The fraction of sp³-hybridized carbons (Fsp3) is 0.619. The Balaban J connectivity index is 1.39. The zero-order valence-electron chi connectivity index (χ0n) is 17.3. The number of ether oxygens (including phenoxy) is 1. The zero-order chi connectivity index (χ0) is 21.0. The van der Waals surface area contributed by atoms with E-state index in [-0.39, 0.29) is 18.4 Å². The molecule has 9 heteroatoms. The summed E-state index contributed by atoms with van der Waals surface area (Å²) in [6, 6.07) is 5.71. The summed E-state index contributed by atoms with van der Waals surface area (Å²) in [4.78, 5) is 19.3. The molecule has 8 nitrogen and oxygen atoms in total. The molecule has 0 aromatic carbocycles. The molecule has 1 amide bonds. The smallest absolute Gasteiger partial charge is 0.225 e. The van der Waals surface area contributed by atoms with Gasteiger partial charge in [-0.05, 0) is 31.4 Å². The molecule has 1 saturated heterocycles. The molecule has 2 N–H and O–H groups in total. The van der Waals surface area contributed by atoms with Crippen molar-refractivity contribution in [1.82, 2.24) is 20.1 Å². The molecular formula is C21H29N5O3S. The Hall–Kier alpha value is -2.10. The number of hydrogen-bond acceptors (Lipinski definition) is 8. The molecular weight excluding hydrogens is 402 g/mol. The molecule has 4 rings (SSSR count). The van der Waals surface area contributed by atoms with Gasteiger partial charge in [-0.2, -0.15) is 0 Å². The number of carbonyl (C=O) groups is 1. The third kappa shape index (κ3) is 5.14. The number of hydrogen-bond donors (Lipinski definition) is 2. The van der Waals surface area contributed by atoms with Gasteiger partial charge in [-0.1, -0.05) is 43.6 Å². The summed E-state index contributed by atoms with van der Waals surface area (Å²) < 4.78 is 5.91. The van der Waals surface area contributed by atoms with Crippen LogP contribution in [-0.4, -0.2) is 56.4 Å². The van der Waals surface area contributed by atoms with Crippen molar-refractivity contribution in [3.63, 3.8) is 0 Å². The first kappa shape index (κ1) is 21.1. The number of aromatic nitrogens is 3. The third-order valence-electron chi connectivity index (χ3n) is 5.79. The Kier molecular flexibility index (Phi) is 6.60. The van der Waals surface area contributed by atoms with E-state index in [1.54, 1.807) is 4.90 Å². The molecule has 3 heterocycles. The van der Waals surface area contributed by atoms with Gasteiger partial charge in [0.25, 0.3) is 0 Å². The van der Waals surface area contributed by atoms with Crippen LogP contribution >= 0.6 is 11.3 Å². The van der Waals surface area contributed by atoms with Gasteiger partial charge in [0.05, 0.1) is 30.9 Å². The molecule has 0 bridgehead atoms. The maximum Gasteiger partial charge on any atom is 0.225 e. The Morgan fingerprint density at radius 2 is 2.17 bits per heavy atom. The number of nitrogens with zero attached hydrogens (tertiary/aromatic N) is 4. The summed E-state index contributed by atoms with van der Waals surface area (Å²) in [5.74, 6) is 0.679. The quantitative estimate of drug-likeness (QED) is 0.724. The first-order valence-corrected chi connectivity index (χ1v) is 11.5. The second-order valence-corrected chi connectivity index (χ2v) is 9.15. The van der Waals surface area contributed by atoms with E-state index in [1.165, 1.54) is 11.3 Å². The third-order valence-corrected chi connectivity index (χ3v) is 6.77. The second kappa shape index (κ2) is 9.36. The van der Waals surface area contributed by atoms with E-state index in [0.717, 1.165) is 36.4 Å². The van der Waals surface area contributed by atoms with Crippen LogP contribution in [0.2, 0.25) is 0 Å². The Bertz CT molecular complexity index is 868. The van der Waals surface area contributed by atoms with E-state index in [1.807, 2.05) is 25.1 Å². The highest BCUT2D eigenvalue weighted by Gasteiger charge is 2.35. The van der Waals surface area contributed by atoms with E-state index in [2.05, 4.69) is 20.5 Å². The summed E-state index contributed by atoms with van der Waals surface area (Å²) in [5.41, 5.74) is -0.0706. The monoisotopic (exact) mass is 431 g/mol. The van der Waals surface area contributed by atoms with Crippen molar-refractivity contribution in [2.45, 2.75) is 63.6 Å². The summed E-state index contributed by atoms with van der Waals surface area (Å²) in [7, 11) is 0. The molecule has 2 fully saturated rings. The molecule has 30 heavy (non-hydrogen) atoms. The SMILES string of the molecule is CCc1nnc(Nc2cccc(C3CN(C(=O)CC4(O)CCCCC4)CCO3)n2)s1. The summed E-state index contributed by atoms with van der Waals surface area (Å²) in [6.45, 7) is 3.51. The minimum atomic E-state index is -0.843. The summed E-state index contributed by atoms with van der Waals surface area (Å²) in [6.07, 6.45) is 5.32. The maximum atomic E-state index is 12.9. The Labute approximate surface area is 180 Å². The van der Waals surface area contributed by atoms with Crippen molar-refractivity contribution in [2.24, 2.45) is 0 Å². The van der Waals surface area contributed by atoms with Gasteiger partial charge in [-0.15, -0.1) is 10.2 Å². The minimum absolute atomic E-state index is 0.00272. The number of nitrogens with one attached hydrogen (secondary N) is 1. The summed E-state index contributed by atoms with van der Waals surface area (Å²) >= 11 is 1.51. The van der Waals surface area contributed by atoms with Crippen LogP contribution in [-0.2, 0) is 16.0 Å². The number of carbonyl (C=O) groups excluding carboxylic acids is 1. The predicted molar refractivity (Wildman–Crippen MR) is 115 cm³/mol. The van der Waals surface area contributed by atoms with Crippen molar-refractivity contribution in [1.29, 1.82) is 0 Å². The first-order valence-electron chi connectivity index (χ1n) is 10.7. The van der Waals surface area contributed by atoms with Crippen LogP contribution in [0, 0.1) is 0 Å². The van der Waals surface area contributed by atoms with Crippen molar-refractivity contribution < 1.29 is 14.6 Å². The van der Waals surface area contributed by atoms with Gasteiger partial charge in [0, 0.05) is 6.54 Å². The van der Waals surface area contributed by atoms with Crippen molar-refractivity contribution in [3.05, 3.63) is 28.9 Å². The molecule has 2 aromatic heterocycles. The van der Waals surface area contributed by atoms with E-state index < -0.39 is 5.60 Å². The van der Waals surface area contributed by atoms with Crippen LogP contribution in [0.4, 0.5) is 10.9 Å². The van der Waals surface area contributed by atoms with Crippen LogP contribution in [0.15, 0.2) is 18.2 Å². The molecule has 1 aliphatic heterocycles. The van der Waals surface area contributed by atoms with Gasteiger partial charge in [-0.25, -0.2) is 4.98 Å². The minimum Gasteiger partial charge on any atom is -0.389 e. The molecule has 1 saturated carbocycles. The largest absolute Gasteiger partial charge is 0.389 e. The lowest BCUT2D eigenvalue weighted by Crippen LogP contribution is -2.46. The van der Waals surface area contributed by atoms with Gasteiger partial charge in [0.1, 0.15) is 16.9 Å². The van der Waals surface area contributed by atoms with E-state index in [4.69, 9.17) is 4.74 Å². The van der Waals surface area contributed by atoms with E-state index in [0.29, 0.717) is 43.5 Å². The molecule has 162 valence electrons. The molecule has 0 radical (unpaired) electrons. The van der Waals surface area contributed by atoms with Crippen LogP contribution in [0.3, 0.4) is 0 Å². The average molecular weight is 432 g/mol. The fourth-order valence-corrected chi connectivity index (χ4v) is 4.78. The standard InChI is InChI=1S/C21H29N5O3S/c1-2-18-24-25-20(30-18)23-17-8-6-7-15(22-17)16-14-26(11-12-29-16)19(27)13-21(28)9-4-3-5-10-21/h6-8,16,28H,2-5,9-14H2,1H3,(H,22,23,25). The number of amides is 1. The molecule has 0 spiro atoms.